The lowest BCUT2D eigenvalue weighted by Crippen LogP contribution is -2.31. The van der Waals surface area contributed by atoms with Crippen molar-refractivity contribution in [2.24, 2.45) is 0 Å². The number of ether oxygens (including phenoxy) is 2. The number of carbonyl (C=O) groups is 1. The Bertz CT molecular complexity index is 434. The molecule has 6 heteroatoms. The van der Waals surface area contributed by atoms with Crippen molar-refractivity contribution in [3.63, 3.8) is 0 Å². The molecule has 0 aliphatic heterocycles. The van der Waals surface area contributed by atoms with Crippen LogP contribution in [0.1, 0.15) is 12.8 Å². The average Bonchev–Trinajstić information content (AvgIpc) is 3.02. The maximum atomic E-state index is 13.3. The molecule has 4 nitrogen and oxygen atoms in total. The zero-order valence-electron chi connectivity index (χ0n) is 8.50. The van der Waals surface area contributed by atoms with Crippen molar-refractivity contribution in [1.29, 1.82) is 0 Å². The number of methoxy groups -OCH3 is 1. The Balaban J connectivity index is 2.18. The number of hydrogen-bond donors (Lipinski definition) is 0. The number of rotatable bonds is 3. The summed E-state index contributed by atoms with van der Waals surface area (Å²) in [4.78, 5) is 14.8. The molecule has 16 heavy (non-hydrogen) atoms. The highest BCUT2D eigenvalue weighted by molar-refractivity contribution is 6.29. The molecule has 0 N–H and O–H groups in total. The molecule has 0 radical (unpaired) electrons. The molecule has 0 bridgehead atoms. The summed E-state index contributed by atoms with van der Waals surface area (Å²) in [5.74, 6) is -1.42. The van der Waals surface area contributed by atoms with Gasteiger partial charge in [0.2, 0.25) is 5.60 Å². The molecule has 1 aromatic heterocycles. The number of carbonyl (C=O) groups excluding carboxylic acids is 1. The van der Waals surface area contributed by atoms with Crippen LogP contribution in [0.2, 0.25) is 5.15 Å². The van der Waals surface area contributed by atoms with E-state index in [4.69, 9.17) is 16.3 Å². The van der Waals surface area contributed by atoms with E-state index in [0.29, 0.717) is 12.8 Å². The monoisotopic (exact) mass is 245 g/mol. The predicted octanol–water partition coefficient (Wildman–Crippen LogP) is 1.96. The van der Waals surface area contributed by atoms with Gasteiger partial charge in [-0.25, -0.2) is 9.78 Å². The lowest BCUT2D eigenvalue weighted by atomic mass is 10.3. The lowest BCUT2D eigenvalue weighted by molar-refractivity contribution is -0.151. The van der Waals surface area contributed by atoms with Gasteiger partial charge in [0.25, 0.3) is 5.95 Å². The van der Waals surface area contributed by atoms with Gasteiger partial charge in [0, 0.05) is 12.8 Å². The van der Waals surface area contributed by atoms with Crippen LogP contribution in [0.5, 0.6) is 5.75 Å². The molecule has 0 aromatic carbocycles. The first kappa shape index (κ1) is 11.1. The van der Waals surface area contributed by atoms with Gasteiger partial charge in [0.05, 0.1) is 7.11 Å². The van der Waals surface area contributed by atoms with Crippen molar-refractivity contribution in [2.45, 2.75) is 18.4 Å². The molecule has 0 unspecified atom stereocenters. The molecule has 2 rings (SSSR count). The Morgan fingerprint density at radius 2 is 2.25 bits per heavy atom. The van der Waals surface area contributed by atoms with E-state index in [-0.39, 0.29) is 10.9 Å². The van der Waals surface area contributed by atoms with Gasteiger partial charge in [-0.1, -0.05) is 11.6 Å². The van der Waals surface area contributed by atoms with Gasteiger partial charge in [-0.15, -0.1) is 0 Å². The van der Waals surface area contributed by atoms with Gasteiger partial charge in [-0.2, -0.15) is 4.39 Å². The topological polar surface area (TPSA) is 48.4 Å². The van der Waals surface area contributed by atoms with Crippen LogP contribution in [0.4, 0.5) is 4.39 Å². The maximum Gasteiger partial charge on any atom is 0.350 e. The van der Waals surface area contributed by atoms with Crippen molar-refractivity contribution < 1.29 is 18.7 Å². The number of halogens is 2. The summed E-state index contributed by atoms with van der Waals surface area (Å²) < 4.78 is 23.2. The zero-order chi connectivity index (χ0) is 11.8. The fraction of sp³-hybridized carbons (Fsp3) is 0.400. The van der Waals surface area contributed by atoms with Gasteiger partial charge in [-0.3, -0.25) is 0 Å². The Morgan fingerprint density at radius 3 is 2.75 bits per heavy atom. The van der Waals surface area contributed by atoms with Gasteiger partial charge in [0.1, 0.15) is 5.15 Å². The maximum absolute atomic E-state index is 13.3. The van der Waals surface area contributed by atoms with Gasteiger partial charge in [-0.05, 0) is 12.1 Å². The number of nitrogens with zero attached hydrogens (tertiary/aromatic N) is 1. The van der Waals surface area contributed by atoms with Crippen LogP contribution in [-0.2, 0) is 9.53 Å². The Kier molecular flexibility index (Phi) is 2.71. The molecule has 1 heterocycles. The van der Waals surface area contributed by atoms with Crippen molar-refractivity contribution in [2.75, 3.05) is 7.11 Å². The number of aromatic nitrogens is 1. The highest BCUT2D eigenvalue weighted by Gasteiger charge is 2.54. The quantitative estimate of drug-likeness (QED) is 0.603. The fourth-order valence-electron chi connectivity index (χ4n) is 1.33. The summed E-state index contributed by atoms with van der Waals surface area (Å²) in [6.45, 7) is 0. The SMILES string of the molecule is COC(=O)C1(Oc2ccc(Cl)nc2F)CC1. The van der Waals surface area contributed by atoms with E-state index in [1.54, 1.807) is 0 Å². The second-order valence-corrected chi connectivity index (χ2v) is 3.90. The highest BCUT2D eigenvalue weighted by Crippen LogP contribution is 2.41. The fourth-order valence-corrected chi connectivity index (χ4v) is 1.47. The predicted molar refractivity (Wildman–Crippen MR) is 53.8 cm³/mol. The average molecular weight is 246 g/mol. The summed E-state index contributed by atoms with van der Waals surface area (Å²) in [7, 11) is 1.27. The highest BCUT2D eigenvalue weighted by atomic mass is 35.5. The first-order valence-corrected chi connectivity index (χ1v) is 5.05. The summed E-state index contributed by atoms with van der Waals surface area (Å²) >= 11 is 5.50. The van der Waals surface area contributed by atoms with E-state index in [1.807, 2.05) is 0 Å². The molecule has 1 aromatic rings. The van der Waals surface area contributed by atoms with Crippen molar-refractivity contribution in [1.82, 2.24) is 4.98 Å². The normalized spacial score (nSPS) is 16.7. The minimum absolute atomic E-state index is 0.0350. The second kappa shape index (κ2) is 3.90. The number of pyridine rings is 1. The van der Waals surface area contributed by atoms with E-state index in [0.717, 1.165) is 0 Å². The molecule has 1 aliphatic carbocycles. The van der Waals surface area contributed by atoms with E-state index >= 15 is 0 Å². The largest absolute Gasteiger partial charge is 0.471 e. The van der Waals surface area contributed by atoms with E-state index in [2.05, 4.69) is 9.72 Å². The molecule has 1 aliphatic rings. The number of hydrogen-bond acceptors (Lipinski definition) is 4. The lowest BCUT2D eigenvalue weighted by Gasteiger charge is -2.15. The van der Waals surface area contributed by atoms with Crippen LogP contribution < -0.4 is 4.74 Å². The summed E-state index contributed by atoms with van der Waals surface area (Å²) in [5.41, 5.74) is -1.04. The standard InChI is InChI=1S/C10H9ClFNO3/c1-15-9(14)10(4-5-10)16-6-2-3-7(11)13-8(6)12/h2-3H,4-5H2,1H3. The Morgan fingerprint density at radius 1 is 1.56 bits per heavy atom. The van der Waals surface area contributed by atoms with Crippen LogP contribution in [-0.4, -0.2) is 23.7 Å². The summed E-state index contributed by atoms with van der Waals surface area (Å²) in [6.07, 6.45) is 1.03. The van der Waals surface area contributed by atoms with Crippen molar-refractivity contribution in [3.05, 3.63) is 23.2 Å². The summed E-state index contributed by atoms with van der Waals surface area (Å²) in [5, 5.41) is 0.0350. The van der Waals surface area contributed by atoms with Gasteiger partial charge in [0.15, 0.2) is 5.75 Å². The van der Waals surface area contributed by atoms with Gasteiger partial charge >= 0.3 is 5.97 Å². The smallest absolute Gasteiger partial charge is 0.350 e. The Hall–Kier alpha value is -1.36. The van der Waals surface area contributed by atoms with E-state index < -0.39 is 17.5 Å². The van der Waals surface area contributed by atoms with Crippen LogP contribution in [0.15, 0.2) is 12.1 Å². The molecule has 1 saturated carbocycles. The van der Waals surface area contributed by atoms with Crippen molar-refractivity contribution >= 4 is 17.6 Å². The third kappa shape index (κ3) is 1.95. The van der Waals surface area contributed by atoms with Crippen LogP contribution in [0, 0.1) is 5.95 Å². The van der Waals surface area contributed by atoms with Crippen LogP contribution >= 0.6 is 11.6 Å². The van der Waals surface area contributed by atoms with Crippen LogP contribution in [0.3, 0.4) is 0 Å². The first-order chi connectivity index (χ1) is 7.57. The molecule has 0 saturated heterocycles. The van der Waals surface area contributed by atoms with E-state index in [1.165, 1.54) is 19.2 Å². The third-order valence-corrected chi connectivity index (χ3v) is 2.56. The third-order valence-electron chi connectivity index (χ3n) is 2.35. The minimum Gasteiger partial charge on any atom is -0.471 e. The molecule has 1 fully saturated rings. The molecule has 86 valence electrons. The molecule has 0 atom stereocenters. The number of esters is 1. The molecule has 0 spiro atoms. The Labute approximate surface area is 96.3 Å². The minimum atomic E-state index is -1.04. The van der Waals surface area contributed by atoms with Crippen molar-refractivity contribution in [3.8, 4) is 5.75 Å². The van der Waals surface area contributed by atoms with Gasteiger partial charge < -0.3 is 9.47 Å². The van der Waals surface area contributed by atoms with Crippen LogP contribution in [0.25, 0.3) is 0 Å². The molecular weight excluding hydrogens is 237 g/mol. The van der Waals surface area contributed by atoms with E-state index in [9.17, 15) is 9.18 Å². The molecular formula is C10H9ClFNO3. The second-order valence-electron chi connectivity index (χ2n) is 3.51. The zero-order valence-corrected chi connectivity index (χ0v) is 9.25. The molecule has 0 amide bonds. The summed E-state index contributed by atoms with van der Waals surface area (Å²) in [6, 6.07) is 2.74. The first-order valence-electron chi connectivity index (χ1n) is 4.67.